The van der Waals surface area contributed by atoms with E-state index in [1.807, 2.05) is 13.0 Å². The lowest BCUT2D eigenvalue weighted by Crippen LogP contribution is -2.40. The SMILES string of the molecule is CCOC(=O)[C@@H]1CCCN(c2nccn3nc(-c4ccc(F)cc4)cc23)C1. The molecule has 1 atom stereocenters. The number of halogens is 1. The molecular weight excluding hydrogens is 347 g/mol. The highest BCUT2D eigenvalue weighted by Gasteiger charge is 2.28. The summed E-state index contributed by atoms with van der Waals surface area (Å²) in [5, 5.41) is 4.59. The Bertz CT molecular complexity index is 954. The molecule has 1 saturated heterocycles. The maximum absolute atomic E-state index is 13.2. The molecule has 3 heterocycles. The van der Waals surface area contributed by atoms with Crippen LogP contribution < -0.4 is 4.90 Å². The number of ether oxygens (including phenoxy) is 1. The van der Waals surface area contributed by atoms with E-state index in [1.165, 1.54) is 12.1 Å². The van der Waals surface area contributed by atoms with E-state index in [-0.39, 0.29) is 17.7 Å². The molecular formula is C20H21FN4O2. The van der Waals surface area contributed by atoms with Crippen LogP contribution in [0.25, 0.3) is 16.8 Å². The van der Waals surface area contributed by atoms with Crippen molar-refractivity contribution in [1.29, 1.82) is 0 Å². The minimum atomic E-state index is -0.275. The van der Waals surface area contributed by atoms with Crippen molar-refractivity contribution in [2.75, 3.05) is 24.6 Å². The first-order valence-corrected chi connectivity index (χ1v) is 9.17. The van der Waals surface area contributed by atoms with Crippen LogP contribution in [0.5, 0.6) is 0 Å². The highest BCUT2D eigenvalue weighted by atomic mass is 19.1. The third-order valence-electron chi connectivity index (χ3n) is 4.85. The van der Waals surface area contributed by atoms with E-state index < -0.39 is 0 Å². The van der Waals surface area contributed by atoms with Crippen molar-refractivity contribution < 1.29 is 13.9 Å². The molecule has 0 aliphatic carbocycles. The van der Waals surface area contributed by atoms with E-state index in [0.717, 1.165) is 42.0 Å². The van der Waals surface area contributed by atoms with Gasteiger partial charge < -0.3 is 9.64 Å². The zero-order valence-corrected chi connectivity index (χ0v) is 15.1. The van der Waals surface area contributed by atoms with E-state index in [9.17, 15) is 9.18 Å². The number of hydrogen-bond acceptors (Lipinski definition) is 5. The topological polar surface area (TPSA) is 59.7 Å². The molecule has 1 aliphatic heterocycles. The number of rotatable bonds is 4. The summed E-state index contributed by atoms with van der Waals surface area (Å²) in [7, 11) is 0. The zero-order valence-electron chi connectivity index (χ0n) is 15.1. The quantitative estimate of drug-likeness (QED) is 0.661. The third kappa shape index (κ3) is 3.49. The van der Waals surface area contributed by atoms with E-state index >= 15 is 0 Å². The molecule has 140 valence electrons. The van der Waals surface area contributed by atoms with Crippen molar-refractivity contribution in [3.05, 3.63) is 48.5 Å². The van der Waals surface area contributed by atoms with Crippen LogP contribution in [0.2, 0.25) is 0 Å². The molecule has 2 aromatic heterocycles. The predicted octanol–water partition coefficient (Wildman–Crippen LogP) is 3.31. The van der Waals surface area contributed by atoms with Gasteiger partial charge in [0.05, 0.1) is 18.2 Å². The Morgan fingerprint density at radius 3 is 2.93 bits per heavy atom. The summed E-state index contributed by atoms with van der Waals surface area (Å²) in [5.74, 6) is 0.241. The van der Waals surface area contributed by atoms with Crippen LogP contribution in [0.15, 0.2) is 42.7 Å². The summed E-state index contributed by atoms with van der Waals surface area (Å²) in [5.41, 5.74) is 2.46. The van der Waals surface area contributed by atoms with Gasteiger partial charge in [0.25, 0.3) is 0 Å². The van der Waals surface area contributed by atoms with E-state index in [0.29, 0.717) is 13.2 Å². The summed E-state index contributed by atoms with van der Waals surface area (Å²) >= 11 is 0. The molecule has 1 fully saturated rings. The van der Waals surface area contributed by atoms with E-state index in [2.05, 4.69) is 15.0 Å². The van der Waals surface area contributed by atoms with Crippen molar-refractivity contribution in [2.45, 2.75) is 19.8 Å². The summed E-state index contributed by atoms with van der Waals surface area (Å²) in [4.78, 5) is 18.8. The van der Waals surface area contributed by atoms with Crippen molar-refractivity contribution in [3.63, 3.8) is 0 Å². The average molecular weight is 368 g/mol. The second kappa shape index (κ2) is 7.34. The standard InChI is InChI=1S/C20H21FN4O2/c1-2-27-20(26)15-4-3-10-24(13-15)19-18-12-17(23-25(18)11-9-22-19)14-5-7-16(21)8-6-14/h5-9,11-12,15H,2-4,10,13H2,1H3/t15-/m1/s1. The summed E-state index contributed by atoms with van der Waals surface area (Å²) in [6.45, 7) is 3.64. The molecule has 0 N–H and O–H groups in total. The van der Waals surface area contributed by atoms with Crippen LogP contribution in [-0.2, 0) is 9.53 Å². The van der Waals surface area contributed by atoms with Crippen molar-refractivity contribution >= 4 is 17.3 Å². The number of aromatic nitrogens is 3. The number of anilines is 1. The Labute approximate surface area is 156 Å². The lowest BCUT2D eigenvalue weighted by molar-refractivity contribution is -0.148. The highest BCUT2D eigenvalue weighted by molar-refractivity contribution is 5.77. The molecule has 0 bridgehead atoms. The van der Waals surface area contributed by atoms with Gasteiger partial charge in [-0.1, -0.05) is 0 Å². The van der Waals surface area contributed by atoms with Gasteiger partial charge in [-0.05, 0) is 50.1 Å². The molecule has 6 nitrogen and oxygen atoms in total. The maximum Gasteiger partial charge on any atom is 0.310 e. The van der Waals surface area contributed by atoms with Gasteiger partial charge in [-0.25, -0.2) is 13.9 Å². The number of piperidine rings is 1. The fourth-order valence-electron chi connectivity index (χ4n) is 3.54. The zero-order chi connectivity index (χ0) is 18.8. The normalized spacial score (nSPS) is 17.3. The number of benzene rings is 1. The van der Waals surface area contributed by atoms with Crippen LogP contribution in [0.3, 0.4) is 0 Å². The average Bonchev–Trinajstić information content (AvgIpc) is 3.13. The van der Waals surface area contributed by atoms with Gasteiger partial charge >= 0.3 is 5.97 Å². The molecule has 1 aliphatic rings. The molecule has 3 aromatic rings. The monoisotopic (exact) mass is 368 g/mol. The largest absolute Gasteiger partial charge is 0.466 e. The van der Waals surface area contributed by atoms with Crippen LogP contribution >= 0.6 is 0 Å². The number of hydrogen-bond donors (Lipinski definition) is 0. The first-order chi connectivity index (χ1) is 13.2. The van der Waals surface area contributed by atoms with Crippen molar-refractivity contribution in [1.82, 2.24) is 14.6 Å². The second-order valence-electron chi connectivity index (χ2n) is 6.65. The van der Waals surface area contributed by atoms with Gasteiger partial charge in [-0.3, -0.25) is 4.79 Å². The maximum atomic E-state index is 13.2. The van der Waals surface area contributed by atoms with Crippen LogP contribution in [0, 0.1) is 11.7 Å². The summed E-state index contributed by atoms with van der Waals surface area (Å²) in [6.07, 6.45) is 5.24. The Morgan fingerprint density at radius 1 is 1.33 bits per heavy atom. The number of carbonyl (C=O) groups is 1. The second-order valence-corrected chi connectivity index (χ2v) is 6.65. The molecule has 0 spiro atoms. The molecule has 4 rings (SSSR count). The number of carbonyl (C=O) groups excluding carboxylic acids is 1. The fourth-order valence-corrected chi connectivity index (χ4v) is 3.54. The van der Waals surface area contributed by atoms with Crippen LogP contribution in [0.1, 0.15) is 19.8 Å². The minimum absolute atomic E-state index is 0.139. The smallest absolute Gasteiger partial charge is 0.310 e. The van der Waals surface area contributed by atoms with Gasteiger partial charge in [0.15, 0.2) is 5.82 Å². The van der Waals surface area contributed by atoms with Crippen molar-refractivity contribution in [2.24, 2.45) is 5.92 Å². The fraction of sp³-hybridized carbons (Fsp3) is 0.350. The highest BCUT2D eigenvalue weighted by Crippen LogP contribution is 2.28. The van der Waals surface area contributed by atoms with E-state index in [1.54, 1.807) is 29.0 Å². The Kier molecular flexibility index (Phi) is 4.75. The van der Waals surface area contributed by atoms with E-state index in [4.69, 9.17) is 4.74 Å². The Balaban J connectivity index is 1.65. The van der Waals surface area contributed by atoms with Crippen LogP contribution in [0.4, 0.5) is 10.2 Å². The van der Waals surface area contributed by atoms with Gasteiger partial charge in [0, 0.05) is 31.0 Å². The lowest BCUT2D eigenvalue weighted by atomic mass is 9.98. The molecule has 0 unspecified atom stereocenters. The third-order valence-corrected chi connectivity index (χ3v) is 4.85. The number of fused-ring (bicyclic) bond motifs is 1. The molecule has 0 amide bonds. The van der Waals surface area contributed by atoms with Crippen LogP contribution in [-0.4, -0.2) is 40.3 Å². The Hall–Kier alpha value is -2.96. The summed E-state index contributed by atoms with van der Waals surface area (Å²) < 4.78 is 20.2. The van der Waals surface area contributed by atoms with Gasteiger partial charge in [-0.15, -0.1) is 0 Å². The summed E-state index contributed by atoms with van der Waals surface area (Å²) in [6, 6.07) is 8.22. The number of esters is 1. The van der Waals surface area contributed by atoms with Crippen molar-refractivity contribution in [3.8, 4) is 11.3 Å². The first-order valence-electron chi connectivity index (χ1n) is 9.17. The molecule has 0 radical (unpaired) electrons. The molecule has 0 saturated carbocycles. The van der Waals surface area contributed by atoms with Gasteiger partial charge in [0.1, 0.15) is 11.3 Å². The van der Waals surface area contributed by atoms with Gasteiger partial charge in [-0.2, -0.15) is 5.10 Å². The molecule has 27 heavy (non-hydrogen) atoms. The lowest BCUT2D eigenvalue weighted by Gasteiger charge is -2.32. The first kappa shape index (κ1) is 17.5. The molecule has 1 aromatic carbocycles. The predicted molar refractivity (Wildman–Crippen MR) is 100.0 cm³/mol. The molecule has 7 heteroatoms. The minimum Gasteiger partial charge on any atom is -0.466 e. The van der Waals surface area contributed by atoms with Gasteiger partial charge in [0.2, 0.25) is 0 Å². The number of nitrogens with zero attached hydrogens (tertiary/aromatic N) is 4. The Morgan fingerprint density at radius 2 is 2.15 bits per heavy atom.